The Bertz CT molecular complexity index is 940. The average molecular weight is 475 g/mol. The van der Waals surface area contributed by atoms with E-state index in [1.54, 1.807) is 18.2 Å². The Labute approximate surface area is 200 Å². The molecule has 2 fully saturated rings. The third-order valence-corrected chi connectivity index (χ3v) is 7.18. The van der Waals surface area contributed by atoms with E-state index < -0.39 is 6.09 Å². The van der Waals surface area contributed by atoms with Crippen molar-refractivity contribution in [3.05, 3.63) is 58.9 Å². The molecule has 4 rings (SSSR count). The zero-order valence-corrected chi connectivity index (χ0v) is 19.8. The minimum absolute atomic E-state index is 0.0667. The molecule has 1 N–H and O–H groups in total. The number of nitrogens with one attached hydrogen (secondary N) is 1. The van der Waals surface area contributed by atoms with E-state index in [2.05, 4.69) is 10.2 Å². The van der Waals surface area contributed by atoms with Crippen LogP contribution in [0, 0.1) is 18.7 Å². The predicted octanol–water partition coefficient (Wildman–Crippen LogP) is 6.44. The first-order valence-electron chi connectivity index (χ1n) is 11.9. The Morgan fingerprint density at radius 1 is 1.15 bits per heavy atom. The Hall–Kier alpha value is -2.31. The Kier molecular flexibility index (Phi) is 8.10. The fourth-order valence-electron chi connectivity index (χ4n) is 5.07. The number of aryl methyl sites for hydroxylation is 1. The molecule has 5 nitrogen and oxygen atoms in total. The number of rotatable bonds is 7. The summed E-state index contributed by atoms with van der Waals surface area (Å²) in [6.45, 7) is 4.38. The molecule has 1 saturated heterocycles. The number of halogens is 2. The van der Waals surface area contributed by atoms with Gasteiger partial charge < -0.3 is 9.47 Å². The molecule has 0 spiro atoms. The number of likely N-dealkylation sites (tertiary alicyclic amines) is 1. The highest BCUT2D eigenvalue weighted by molar-refractivity contribution is 6.31. The first kappa shape index (κ1) is 23.8. The number of nitrogens with zero attached hydrogens (tertiary/aromatic N) is 1. The van der Waals surface area contributed by atoms with E-state index in [0.29, 0.717) is 35.0 Å². The van der Waals surface area contributed by atoms with Crippen molar-refractivity contribution in [3.63, 3.8) is 0 Å². The van der Waals surface area contributed by atoms with Crippen LogP contribution in [0.1, 0.15) is 44.1 Å². The van der Waals surface area contributed by atoms with E-state index in [-0.39, 0.29) is 11.9 Å². The normalized spacial score (nSPS) is 22.9. The van der Waals surface area contributed by atoms with Crippen LogP contribution in [0.3, 0.4) is 0 Å². The van der Waals surface area contributed by atoms with Crippen LogP contribution in [0.5, 0.6) is 5.75 Å². The number of benzene rings is 2. The third kappa shape index (κ3) is 6.39. The van der Waals surface area contributed by atoms with Gasteiger partial charge in [-0.3, -0.25) is 10.2 Å². The van der Waals surface area contributed by atoms with E-state index >= 15 is 0 Å². The zero-order valence-electron chi connectivity index (χ0n) is 19.1. The van der Waals surface area contributed by atoms with Crippen LogP contribution in [-0.2, 0) is 4.74 Å². The van der Waals surface area contributed by atoms with E-state index in [0.717, 1.165) is 44.3 Å². The van der Waals surface area contributed by atoms with Gasteiger partial charge in [0.15, 0.2) is 0 Å². The van der Waals surface area contributed by atoms with E-state index in [9.17, 15) is 9.18 Å². The molecular weight excluding hydrogens is 443 g/mol. The Morgan fingerprint density at radius 3 is 2.73 bits per heavy atom. The quantitative estimate of drug-likeness (QED) is 0.469. The largest absolute Gasteiger partial charge is 0.494 e. The Morgan fingerprint density at radius 2 is 1.94 bits per heavy atom. The lowest BCUT2D eigenvalue weighted by Crippen LogP contribution is -2.54. The van der Waals surface area contributed by atoms with Crippen molar-refractivity contribution in [1.82, 2.24) is 4.90 Å². The van der Waals surface area contributed by atoms with Crippen LogP contribution in [0.15, 0.2) is 42.5 Å². The SMILES string of the molecule is Cc1ccc(NC(=O)O[C@H]2CCN(CCCOc3ccc(F)cc3)C3CCCC[C@H]32)cc1Cl. The molecule has 7 heteroatoms. The summed E-state index contributed by atoms with van der Waals surface area (Å²) in [6.07, 6.45) is 5.87. The molecule has 2 aromatic carbocycles. The molecule has 1 heterocycles. The molecular formula is C26H32ClFN2O3. The van der Waals surface area contributed by atoms with Gasteiger partial charge in [0.2, 0.25) is 0 Å². The van der Waals surface area contributed by atoms with Gasteiger partial charge in [-0.15, -0.1) is 0 Å². The van der Waals surface area contributed by atoms with Gasteiger partial charge in [0.1, 0.15) is 17.7 Å². The van der Waals surface area contributed by atoms with Crippen molar-refractivity contribution in [2.45, 2.75) is 57.6 Å². The van der Waals surface area contributed by atoms with Crippen LogP contribution in [-0.4, -0.2) is 42.8 Å². The number of piperidine rings is 1. The maximum atomic E-state index is 13.0. The number of carbonyl (C=O) groups is 1. The summed E-state index contributed by atoms with van der Waals surface area (Å²) in [6, 6.07) is 12.0. The minimum atomic E-state index is -0.412. The van der Waals surface area contributed by atoms with Gasteiger partial charge in [-0.25, -0.2) is 9.18 Å². The molecule has 1 unspecified atom stereocenters. The topological polar surface area (TPSA) is 50.8 Å². The summed E-state index contributed by atoms with van der Waals surface area (Å²) in [5.41, 5.74) is 1.62. The number of ether oxygens (including phenoxy) is 2. The molecule has 3 atom stereocenters. The first-order valence-corrected chi connectivity index (χ1v) is 12.2. The van der Waals surface area contributed by atoms with Crippen LogP contribution in [0.25, 0.3) is 0 Å². The van der Waals surface area contributed by atoms with Crippen LogP contribution >= 0.6 is 11.6 Å². The second-order valence-electron chi connectivity index (χ2n) is 9.03. The van der Waals surface area contributed by atoms with Gasteiger partial charge in [-0.2, -0.15) is 0 Å². The molecule has 178 valence electrons. The van der Waals surface area contributed by atoms with E-state index in [1.165, 1.54) is 25.0 Å². The number of anilines is 1. The number of amides is 1. The summed E-state index contributed by atoms with van der Waals surface area (Å²) in [5, 5.41) is 3.45. The fourth-order valence-corrected chi connectivity index (χ4v) is 5.25. The lowest BCUT2D eigenvalue weighted by atomic mass is 9.76. The van der Waals surface area contributed by atoms with E-state index in [4.69, 9.17) is 21.1 Å². The standard InChI is InChI=1S/C26H32ClFN2O3/c1-18-7-10-20(17-23(18)27)29-26(31)33-25-13-15-30(24-6-3-2-5-22(24)25)14-4-16-32-21-11-8-19(28)9-12-21/h7-12,17,22,24-25H,2-6,13-16H2,1H3,(H,29,31)/t22-,24?,25+/m1/s1. The summed E-state index contributed by atoms with van der Waals surface area (Å²) >= 11 is 6.17. The second kappa shape index (κ2) is 11.2. The summed E-state index contributed by atoms with van der Waals surface area (Å²) in [5.74, 6) is 0.796. The van der Waals surface area contributed by atoms with Gasteiger partial charge >= 0.3 is 6.09 Å². The van der Waals surface area contributed by atoms with Crippen molar-refractivity contribution in [2.75, 3.05) is 25.0 Å². The molecule has 0 radical (unpaired) electrons. The number of hydrogen-bond donors (Lipinski definition) is 1. The average Bonchev–Trinajstić information content (AvgIpc) is 2.81. The van der Waals surface area contributed by atoms with E-state index in [1.807, 2.05) is 19.1 Å². The summed E-state index contributed by atoms with van der Waals surface area (Å²) in [7, 11) is 0. The molecule has 1 saturated carbocycles. The highest BCUT2D eigenvalue weighted by atomic mass is 35.5. The fraction of sp³-hybridized carbons (Fsp3) is 0.500. The van der Waals surface area contributed by atoms with Crippen molar-refractivity contribution in [3.8, 4) is 5.75 Å². The molecule has 1 aliphatic heterocycles. The molecule has 33 heavy (non-hydrogen) atoms. The van der Waals surface area contributed by atoms with Crippen molar-refractivity contribution >= 4 is 23.4 Å². The lowest BCUT2D eigenvalue weighted by Gasteiger charge is -2.47. The first-order chi connectivity index (χ1) is 16.0. The number of carbonyl (C=O) groups excluding carboxylic acids is 1. The van der Waals surface area contributed by atoms with Crippen LogP contribution in [0.2, 0.25) is 5.02 Å². The van der Waals surface area contributed by atoms with Gasteiger partial charge in [-0.1, -0.05) is 30.5 Å². The number of hydrogen-bond acceptors (Lipinski definition) is 4. The van der Waals surface area contributed by atoms with Crippen LogP contribution < -0.4 is 10.1 Å². The maximum Gasteiger partial charge on any atom is 0.411 e. The summed E-state index contributed by atoms with van der Waals surface area (Å²) in [4.78, 5) is 15.1. The monoisotopic (exact) mass is 474 g/mol. The second-order valence-corrected chi connectivity index (χ2v) is 9.44. The smallest absolute Gasteiger partial charge is 0.411 e. The van der Waals surface area contributed by atoms with Gasteiger partial charge in [0.05, 0.1) is 6.61 Å². The molecule has 1 aliphatic carbocycles. The molecule has 0 bridgehead atoms. The Balaban J connectivity index is 1.27. The maximum absolute atomic E-state index is 13.0. The zero-order chi connectivity index (χ0) is 23.2. The van der Waals surface area contributed by atoms with Gasteiger partial charge in [0.25, 0.3) is 0 Å². The number of fused-ring (bicyclic) bond motifs is 1. The molecule has 2 aromatic rings. The van der Waals surface area contributed by atoms with Crippen LogP contribution in [0.4, 0.5) is 14.9 Å². The molecule has 2 aliphatic rings. The molecule has 0 aromatic heterocycles. The van der Waals surface area contributed by atoms with Gasteiger partial charge in [0, 0.05) is 35.8 Å². The van der Waals surface area contributed by atoms with Gasteiger partial charge in [-0.05, 0) is 74.6 Å². The summed E-state index contributed by atoms with van der Waals surface area (Å²) < 4.78 is 24.7. The third-order valence-electron chi connectivity index (χ3n) is 6.78. The molecule has 1 amide bonds. The predicted molar refractivity (Wildman–Crippen MR) is 129 cm³/mol. The van der Waals surface area contributed by atoms with Crippen molar-refractivity contribution < 1.29 is 18.7 Å². The van der Waals surface area contributed by atoms with Crippen molar-refractivity contribution in [1.29, 1.82) is 0 Å². The lowest BCUT2D eigenvalue weighted by molar-refractivity contribution is -0.0411. The highest BCUT2D eigenvalue weighted by Gasteiger charge is 2.41. The minimum Gasteiger partial charge on any atom is -0.494 e. The van der Waals surface area contributed by atoms with Crippen molar-refractivity contribution in [2.24, 2.45) is 5.92 Å². The highest BCUT2D eigenvalue weighted by Crippen LogP contribution is 2.37.